The molecule has 0 spiro atoms. The zero-order valence-corrected chi connectivity index (χ0v) is 22.8. The molecule has 1 atom stereocenters. The minimum Gasteiger partial charge on any atom is -0.355 e. The van der Waals surface area contributed by atoms with E-state index in [0.29, 0.717) is 18.4 Å². The Morgan fingerprint density at radius 3 is 2.64 bits per heavy atom. The second kappa shape index (κ2) is 12.7. The van der Waals surface area contributed by atoms with Gasteiger partial charge in [0.1, 0.15) is 0 Å². The van der Waals surface area contributed by atoms with E-state index in [4.69, 9.17) is 0 Å². The summed E-state index contributed by atoms with van der Waals surface area (Å²) in [5.41, 5.74) is 8.62. The Labute approximate surface area is 217 Å². The molecule has 0 aliphatic heterocycles. The minimum absolute atomic E-state index is 0.370. The van der Waals surface area contributed by atoms with Gasteiger partial charge in [0.2, 0.25) is 0 Å². The molecule has 1 unspecified atom stereocenters. The highest BCUT2D eigenvalue weighted by molar-refractivity contribution is 7.91. The van der Waals surface area contributed by atoms with E-state index in [0.717, 1.165) is 49.0 Å². The number of sulfone groups is 1. The van der Waals surface area contributed by atoms with Crippen LogP contribution in [0.15, 0.2) is 66.3 Å². The molecule has 3 rings (SSSR count). The number of hydrogen-bond donors (Lipinski definition) is 1. The van der Waals surface area contributed by atoms with Crippen molar-refractivity contribution in [1.29, 1.82) is 5.26 Å². The third-order valence-electron chi connectivity index (χ3n) is 6.85. The minimum atomic E-state index is -3.11. The average molecular weight is 503 g/mol. The van der Waals surface area contributed by atoms with Gasteiger partial charge in [-0.05, 0) is 104 Å². The lowest BCUT2D eigenvalue weighted by Gasteiger charge is -2.20. The Hall–Kier alpha value is -3.10. The number of benzene rings is 2. The quantitative estimate of drug-likeness (QED) is 0.383. The maximum Gasteiger partial charge on any atom is 0.150 e. The molecule has 190 valence electrons. The number of hydrogen-bond acceptors (Lipinski definition) is 4. The molecule has 1 N–H and O–H groups in total. The van der Waals surface area contributed by atoms with E-state index in [1.54, 1.807) is 0 Å². The summed E-state index contributed by atoms with van der Waals surface area (Å²) in [6.45, 7) is 6.22. The SMILES string of the molecule is CCCc1c(CC(CC)S(C)(=O)=O)cccc1Nc1ccc(C)c(C2=CC=C(C#N)C=CCCC2)c1. The number of rotatable bonds is 9. The van der Waals surface area contributed by atoms with Gasteiger partial charge in [0.05, 0.1) is 16.9 Å². The first-order valence-electron chi connectivity index (χ1n) is 12.9. The summed E-state index contributed by atoms with van der Waals surface area (Å²) in [5.74, 6) is 0. The molecule has 1 aliphatic carbocycles. The molecule has 0 fully saturated rings. The van der Waals surface area contributed by atoms with Crippen LogP contribution in [0.25, 0.3) is 5.57 Å². The van der Waals surface area contributed by atoms with E-state index in [2.05, 4.69) is 67.7 Å². The van der Waals surface area contributed by atoms with E-state index in [1.807, 2.05) is 25.1 Å². The highest BCUT2D eigenvalue weighted by Crippen LogP contribution is 2.32. The average Bonchev–Trinajstić information content (AvgIpc) is 2.96. The van der Waals surface area contributed by atoms with Gasteiger partial charge in [0, 0.05) is 17.6 Å². The van der Waals surface area contributed by atoms with Crippen LogP contribution in [0, 0.1) is 18.3 Å². The van der Waals surface area contributed by atoms with Gasteiger partial charge in [-0.15, -0.1) is 0 Å². The van der Waals surface area contributed by atoms with Crippen molar-refractivity contribution in [2.24, 2.45) is 0 Å². The molecule has 0 saturated carbocycles. The lowest BCUT2D eigenvalue weighted by Crippen LogP contribution is -2.22. The molecule has 0 amide bonds. The number of nitriles is 1. The lowest BCUT2D eigenvalue weighted by atomic mass is 9.94. The Bertz CT molecular complexity index is 1310. The number of anilines is 2. The van der Waals surface area contributed by atoms with Crippen LogP contribution < -0.4 is 5.32 Å². The van der Waals surface area contributed by atoms with Crippen molar-refractivity contribution in [2.75, 3.05) is 11.6 Å². The molecule has 0 aromatic heterocycles. The summed E-state index contributed by atoms with van der Waals surface area (Å²) in [7, 11) is -3.11. The molecule has 36 heavy (non-hydrogen) atoms. The van der Waals surface area contributed by atoms with Gasteiger partial charge in [-0.25, -0.2) is 8.42 Å². The van der Waals surface area contributed by atoms with E-state index in [9.17, 15) is 13.7 Å². The molecule has 0 heterocycles. The normalized spacial score (nSPS) is 15.1. The largest absolute Gasteiger partial charge is 0.355 e. The maximum atomic E-state index is 12.3. The van der Waals surface area contributed by atoms with Crippen LogP contribution in [0.1, 0.15) is 68.2 Å². The summed E-state index contributed by atoms with van der Waals surface area (Å²) in [4.78, 5) is 0. The van der Waals surface area contributed by atoms with Crippen LogP contribution in [-0.4, -0.2) is 19.9 Å². The molecule has 0 bridgehead atoms. The van der Waals surface area contributed by atoms with Crippen molar-refractivity contribution in [2.45, 2.75) is 71.0 Å². The number of nitrogens with zero attached hydrogens (tertiary/aromatic N) is 1. The Morgan fingerprint density at radius 2 is 1.94 bits per heavy atom. The fourth-order valence-electron chi connectivity index (χ4n) is 4.78. The molecular formula is C31H38N2O2S. The summed E-state index contributed by atoms with van der Waals surface area (Å²) >= 11 is 0. The molecule has 2 aromatic rings. The van der Waals surface area contributed by atoms with Crippen molar-refractivity contribution >= 4 is 26.8 Å². The highest BCUT2D eigenvalue weighted by Gasteiger charge is 2.21. The standard InChI is InChI=1S/C31H38N2O2S/c1-5-11-29-26(20-28(6-2)36(4,34)35)14-10-15-31(29)33-27-19-16-23(3)30(21-27)25-13-9-7-8-12-24(22-32)17-18-25/h8,10,12,14-19,21,28,33H,5-7,9,11,13,20H2,1-4H3. The predicted molar refractivity (Wildman–Crippen MR) is 152 cm³/mol. The van der Waals surface area contributed by atoms with E-state index < -0.39 is 9.84 Å². The molecule has 4 nitrogen and oxygen atoms in total. The number of nitrogens with one attached hydrogen (secondary N) is 1. The zero-order valence-electron chi connectivity index (χ0n) is 22.0. The van der Waals surface area contributed by atoms with E-state index >= 15 is 0 Å². The fraction of sp³-hybridized carbons (Fsp3) is 0.387. The Balaban J connectivity index is 1.97. The van der Waals surface area contributed by atoms with Gasteiger partial charge in [-0.3, -0.25) is 0 Å². The molecule has 1 aliphatic rings. The summed E-state index contributed by atoms with van der Waals surface area (Å²) in [6, 6.07) is 14.9. The first-order chi connectivity index (χ1) is 17.3. The van der Waals surface area contributed by atoms with Gasteiger partial charge < -0.3 is 5.32 Å². The second-order valence-corrected chi connectivity index (χ2v) is 12.0. The fourth-order valence-corrected chi connectivity index (χ4v) is 5.87. The monoisotopic (exact) mass is 502 g/mol. The number of allylic oxidation sites excluding steroid dienone is 6. The smallest absolute Gasteiger partial charge is 0.150 e. The van der Waals surface area contributed by atoms with Crippen molar-refractivity contribution in [3.63, 3.8) is 0 Å². The van der Waals surface area contributed by atoms with Crippen LogP contribution in [0.2, 0.25) is 0 Å². The molecule has 5 heteroatoms. The topological polar surface area (TPSA) is 70.0 Å². The van der Waals surface area contributed by atoms with Gasteiger partial charge in [-0.1, -0.05) is 50.6 Å². The van der Waals surface area contributed by atoms with Crippen molar-refractivity contribution in [3.05, 3.63) is 88.5 Å². The van der Waals surface area contributed by atoms with Gasteiger partial charge in [-0.2, -0.15) is 5.26 Å². The number of aryl methyl sites for hydroxylation is 1. The first kappa shape index (κ1) is 27.5. The van der Waals surface area contributed by atoms with Crippen molar-refractivity contribution in [1.82, 2.24) is 0 Å². The van der Waals surface area contributed by atoms with Gasteiger partial charge in [0.25, 0.3) is 0 Å². The Morgan fingerprint density at radius 1 is 1.14 bits per heavy atom. The van der Waals surface area contributed by atoms with Crippen LogP contribution in [0.5, 0.6) is 0 Å². The third kappa shape index (κ3) is 7.21. The van der Waals surface area contributed by atoms with Crippen LogP contribution in [0.3, 0.4) is 0 Å². The maximum absolute atomic E-state index is 12.3. The zero-order chi connectivity index (χ0) is 26.1. The molecule has 0 saturated heterocycles. The van der Waals surface area contributed by atoms with E-state index in [1.165, 1.54) is 28.5 Å². The van der Waals surface area contributed by atoms with Gasteiger partial charge in [0.15, 0.2) is 9.84 Å². The molecular weight excluding hydrogens is 464 g/mol. The molecule has 0 radical (unpaired) electrons. The van der Waals surface area contributed by atoms with Crippen molar-refractivity contribution in [3.8, 4) is 6.07 Å². The lowest BCUT2D eigenvalue weighted by molar-refractivity contribution is 0.579. The first-order valence-corrected chi connectivity index (χ1v) is 14.9. The summed E-state index contributed by atoms with van der Waals surface area (Å²) in [6.07, 6.45) is 15.3. The predicted octanol–water partition coefficient (Wildman–Crippen LogP) is 7.63. The third-order valence-corrected chi connectivity index (χ3v) is 8.56. The summed E-state index contributed by atoms with van der Waals surface area (Å²) < 4.78 is 24.6. The highest BCUT2D eigenvalue weighted by atomic mass is 32.2. The van der Waals surface area contributed by atoms with Crippen molar-refractivity contribution < 1.29 is 8.42 Å². The summed E-state index contributed by atoms with van der Waals surface area (Å²) in [5, 5.41) is 12.7. The van der Waals surface area contributed by atoms with Crippen LogP contribution in [0.4, 0.5) is 11.4 Å². The second-order valence-electron chi connectivity index (χ2n) is 9.63. The van der Waals surface area contributed by atoms with Crippen LogP contribution in [-0.2, 0) is 22.7 Å². The molecule has 2 aromatic carbocycles. The van der Waals surface area contributed by atoms with Gasteiger partial charge >= 0.3 is 0 Å². The Kier molecular flexibility index (Phi) is 9.73. The van der Waals surface area contributed by atoms with Crippen LogP contribution >= 0.6 is 0 Å². The van der Waals surface area contributed by atoms with E-state index in [-0.39, 0.29) is 5.25 Å².